The van der Waals surface area contributed by atoms with Gasteiger partial charge in [0.25, 0.3) is 11.8 Å². The first-order valence-electron chi connectivity index (χ1n) is 11.7. The van der Waals surface area contributed by atoms with Crippen LogP contribution in [0.5, 0.6) is 0 Å². The zero-order chi connectivity index (χ0) is 24.1. The third-order valence-electron chi connectivity index (χ3n) is 6.52. The molecular weight excluding hydrogens is 452 g/mol. The van der Waals surface area contributed by atoms with E-state index in [1.165, 1.54) is 11.3 Å². The summed E-state index contributed by atoms with van der Waals surface area (Å²) in [5.41, 5.74) is 1.62. The average Bonchev–Trinajstić information content (AvgIpc) is 3.55. The number of ether oxygens (including phenoxy) is 1. The number of thiophene rings is 1. The van der Waals surface area contributed by atoms with E-state index in [2.05, 4.69) is 5.32 Å². The smallest absolute Gasteiger partial charge is 0.264 e. The van der Waals surface area contributed by atoms with Crippen LogP contribution in [0.3, 0.4) is 0 Å². The van der Waals surface area contributed by atoms with Crippen molar-refractivity contribution in [2.24, 2.45) is 0 Å². The predicted molar refractivity (Wildman–Crippen MR) is 131 cm³/mol. The summed E-state index contributed by atoms with van der Waals surface area (Å²) < 4.78 is 5.27. The molecular formula is C25H32N4O4S. The number of nitrogens with one attached hydrogen (secondary N) is 1. The van der Waals surface area contributed by atoms with E-state index in [1.54, 1.807) is 35.1 Å². The zero-order valence-electron chi connectivity index (χ0n) is 19.7. The van der Waals surface area contributed by atoms with Gasteiger partial charge in [-0.25, -0.2) is 0 Å². The van der Waals surface area contributed by atoms with E-state index in [1.807, 2.05) is 35.4 Å². The minimum absolute atomic E-state index is 0.0419. The maximum absolute atomic E-state index is 13.6. The Morgan fingerprint density at radius 2 is 1.88 bits per heavy atom. The highest BCUT2D eigenvalue weighted by atomic mass is 32.1. The molecule has 2 saturated heterocycles. The molecule has 0 bridgehead atoms. The Kier molecular flexibility index (Phi) is 7.97. The summed E-state index contributed by atoms with van der Waals surface area (Å²) in [4.78, 5) is 46.4. The first-order chi connectivity index (χ1) is 16.5. The number of rotatable bonds is 7. The van der Waals surface area contributed by atoms with Crippen LogP contribution in [0.2, 0.25) is 0 Å². The van der Waals surface area contributed by atoms with Crippen LogP contribution in [0.15, 0.2) is 41.8 Å². The van der Waals surface area contributed by atoms with Crippen molar-refractivity contribution < 1.29 is 19.1 Å². The summed E-state index contributed by atoms with van der Waals surface area (Å²) >= 11 is 1.39. The number of hydrogen-bond donors (Lipinski definition) is 1. The fourth-order valence-corrected chi connectivity index (χ4v) is 5.32. The minimum Gasteiger partial charge on any atom is -0.383 e. The van der Waals surface area contributed by atoms with Crippen LogP contribution >= 0.6 is 11.3 Å². The van der Waals surface area contributed by atoms with Crippen molar-refractivity contribution in [3.05, 3.63) is 57.8 Å². The molecule has 2 aliphatic rings. The number of aryl methyl sites for hydroxylation is 1. The van der Waals surface area contributed by atoms with Crippen molar-refractivity contribution in [3.8, 4) is 0 Å². The molecule has 3 amide bonds. The third-order valence-corrected chi connectivity index (χ3v) is 7.38. The molecule has 2 aliphatic heterocycles. The Morgan fingerprint density at radius 3 is 2.53 bits per heavy atom. The van der Waals surface area contributed by atoms with Crippen molar-refractivity contribution in [3.63, 3.8) is 0 Å². The second-order valence-electron chi connectivity index (χ2n) is 8.77. The molecule has 3 heterocycles. The van der Waals surface area contributed by atoms with E-state index in [0.29, 0.717) is 49.6 Å². The van der Waals surface area contributed by atoms with Gasteiger partial charge in [0.2, 0.25) is 5.91 Å². The van der Waals surface area contributed by atoms with Crippen LogP contribution in [0.1, 0.15) is 32.0 Å². The maximum atomic E-state index is 13.6. The summed E-state index contributed by atoms with van der Waals surface area (Å²) in [5.74, 6) is -0.305. The summed E-state index contributed by atoms with van der Waals surface area (Å²) in [6.07, 6.45) is 0.418. The van der Waals surface area contributed by atoms with Crippen LogP contribution < -0.4 is 5.32 Å². The molecule has 2 unspecified atom stereocenters. The molecule has 0 spiro atoms. The van der Waals surface area contributed by atoms with Gasteiger partial charge in [-0.1, -0.05) is 23.8 Å². The van der Waals surface area contributed by atoms with Gasteiger partial charge in [0.1, 0.15) is 6.04 Å². The van der Waals surface area contributed by atoms with Crippen molar-refractivity contribution in [2.45, 2.75) is 25.4 Å². The molecule has 0 aliphatic carbocycles. The number of carbonyl (C=O) groups is 3. The highest BCUT2D eigenvalue weighted by Gasteiger charge is 2.44. The van der Waals surface area contributed by atoms with E-state index < -0.39 is 6.04 Å². The Hall–Kier alpha value is -2.75. The molecule has 1 aromatic heterocycles. The largest absolute Gasteiger partial charge is 0.383 e. The molecule has 1 aromatic carbocycles. The van der Waals surface area contributed by atoms with Gasteiger partial charge >= 0.3 is 0 Å². The van der Waals surface area contributed by atoms with E-state index in [-0.39, 0.29) is 23.8 Å². The number of amides is 3. The lowest BCUT2D eigenvalue weighted by molar-refractivity contribution is -0.135. The Morgan fingerprint density at radius 1 is 1.15 bits per heavy atom. The summed E-state index contributed by atoms with van der Waals surface area (Å²) in [7, 11) is 1.60. The Balaban J connectivity index is 1.61. The number of likely N-dealkylation sites (tertiary alicyclic amines) is 1. The first-order valence-corrected chi connectivity index (χ1v) is 12.6. The van der Waals surface area contributed by atoms with Crippen LogP contribution in [0.25, 0.3) is 0 Å². The molecule has 1 N–H and O–H groups in total. The van der Waals surface area contributed by atoms with Crippen molar-refractivity contribution in [1.82, 2.24) is 20.0 Å². The second kappa shape index (κ2) is 11.1. The van der Waals surface area contributed by atoms with Gasteiger partial charge in [0, 0.05) is 51.9 Å². The lowest BCUT2D eigenvalue weighted by Crippen LogP contribution is -2.53. The first kappa shape index (κ1) is 24.4. The molecule has 0 radical (unpaired) electrons. The number of piperazine rings is 1. The van der Waals surface area contributed by atoms with Gasteiger partial charge in [-0.05, 0) is 36.9 Å². The van der Waals surface area contributed by atoms with Crippen molar-refractivity contribution in [2.75, 3.05) is 53.0 Å². The van der Waals surface area contributed by atoms with Crippen LogP contribution in [-0.4, -0.2) is 97.5 Å². The lowest BCUT2D eigenvalue weighted by Gasteiger charge is -2.32. The van der Waals surface area contributed by atoms with Gasteiger partial charge in [-0.3, -0.25) is 14.4 Å². The van der Waals surface area contributed by atoms with Crippen molar-refractivity contribution >= 4 is 29.1 Å². The number of methoxy groups -OCH3 is 1. The topological polar surface area (TPSA) is 82.2 Å². The fraction of sp³-hybridized carbons (Fsp3) is 0.480. The predicted octanol–water partition coefficient (Wildman–Crippen LogP) is 1.86. The number of nitrogens with zero attached hydrogens (tertiary/aromatic N) is 3. The number of carbonyl (C=O) groups excluding carboxylic acids is 3. The monoisotopic (exact) mass is 484 g/mol. The minimum atomic E-state index is -0.599. The highest BCUT2D eigenvalue weighted by Crippen LogP contribution is 2.28. The summed E-state index contributed by atoms with van der Waals surface area (Å²) in [5, 5.41) is 5.14. The van der Waals surface area contributed by atoms with Gasteiger partial charge in [0.15, 0.2) is 0 Å². The number of hydrogen-bond acceptors (Lipinski definition) is 6. The average molecular weight is 485 g/mol. The van der Waals surface area contributed by atoms with Gasteiger partial charge in [-0.15, -0.1) is 11.3 Å². The number of benzene rings is 1. The van der Waals surface area contributed by atoms with Crippen LogP contribution in [0.4, 0.5) is 0 Å². The van der Waals surface area contributed by atoms with E-state index >= 15 is 0 Å². The molecule has 0 saturated carbocycles. The molecule has 182 valence electrons. The zero-order valence-corrected chi connectivity index (χ0v) is 20.6. The molecule has 9 heteroatoms. The third kappa shape index (κ3) is 5.32. The van der Waals surface area contributed by atoms with Gasteiger partial charge in [-0.2, -0.15) is 0 Å². The van der Waals surface area contributed by atoms with Crippen LogP contribution in [0, 0.1) is 6.92 Å². The molecule has 2 atom stereocenters. The quantitative estimate of drug-likeness (QED) is 0.649. The standard InChI is InChI=1S/C25H32N4O4S/c1-18-5-7-19(8-6-18)23(30)29-17-20(16-21(29)24(31)27-11-9-26-10-12-27)28(13-14-33-2)25(32)22-4-3-15-34-22/h3-8,15,20-21,26H,9-14,16-17H2,1-2H3. The second-order valence-corrected chi connectivity index (χ2v) is 9.72. The summed E-state index contributed by atoms with van der Waals surface area (Å²) in [6.45, 7) is 5.79. The van der Waals surface area contributed by atoms with E-state index in [4.69, 9.17) is 4.74 Å². The molecule has 8 nitrogen and oxygen atoms in total. The Labute approximate surface area is 204 Å². The summed E-state index contributed by atoms with van der Waals surface area (Å²) in [6, 6.07) is 10.2. The van der Waals surface area contributed by atoms with Gasteiger partial charge < -0.3 is 24.8 Å². The SMILES string of the molecule is COCCN(C(=O)c1cccs1)C1CC(C(=O)N2CCNCC2)N(C(=O)c2ccc(C)cc2)C1. The molecule has 2 aromatic rings. The van der Waals surface area contributed by atoms with E-state index in [0.717, 1.165) is 18.7 Å². The normalized spacial score (nSPS) is 20.4. The maximum Gasteiger partial charge on any atom is 0.264 e. The highest BCUT2D eigenvalue weighted by molar-refractivity contribution is 7.12. The molecule has 34 heavy (non-hydrogen) atoms. The Bertz CT molecular complexity index is 989. The van der Waals surface area contributed by atoms with Gasteiger partial charge in [0.05, 0.1) is 17.5 Å². The lowest BCUT2D eigenvalue weighted by atomic mass is 10.1. The van der Waals surface area contributed by atoms with E-state index in [9.17, 15) is 14.4 Å². The van der Waals surface area contributed by atoms with Crippen LogP contribution in [-0.2, 0) is 9.53 Å². The fourth-order valence-electron chi connectivity index (χ4n) is 4.64. The molecule has 4 rings (SSSR count). The molecule has 2 fully saturated rings. The van der Waals surface area contributed by atoms with Crippen molar-refractivity contribution in [1.29, 1.82) is 0 Å².